The smallest absolute Gasteiger partial charge is 0.309 e. The fourth-order valence-corrected chi connectivity index (χ4v) is 11.7. The third-order valence-electron chi connectivity index (χ3n) is 12.7. The number of carbonyl (C=O) groups excluding carboxylic acids is 1. The molecule has 0 unspecified atom stereocenters. The van der Waals surface area contributed by atoms with Crippen molar-refractivity contribution in [3.63, 3.8) is 0 Å². The molecule has 0 bridgehead atoms. The van der Waals surface area contributed by atoms with Gasteiger partial charge in [-0.05, 0) is 103 Å². The minimum absolute atomic E-state index is 0.168. The molecule has 0 fully saturated rings. The fraction of sp³-hybridized carbons (Fsp3) is 0.391. The van der Waals surface area contributed by atoms with Crippen LogP contribution in [0.2, 0.25) is 0 Å². The lowest BCUT2D eigenvalue weighted by atomic mass is 9.74. The van der Waals surface area contributed by atoms with Gasteiger partial charge in [0.25, 0.3) is 0 Å². The van der Waals surface area contributed by atoms with Crippen molar-refractivity contribution in [2.45, 2.75) is 65.5 Å². The minimum atomic E-state index is -0.741. The Bertz CT molecular complexity index is 2860. The number of anilines is 4. The number of carbonyl (C=O) groups is 2. The largest absolute Gasteiger partial charge is 0.495 e. The van der Waals surface area contributed by atoms with Crippen LogP contribution in [-0.4, -0.2) is 95.8 Å². The second kappa shape index (κ2) is 16.9. The van der Waals surface area contributed by atoms with Crippen LogP contribution in [0.4, 0.5) is 23.0 Å². The minimum Gasteiger partial charge on any atom is -0.495 e. The number of thiophene rings is 2. The lowest BCUT2D eigenvalue weighted by Crippen LogP contribution is -2.44. The van der Waals surface area contributed by atoms with Gasteiger partial charge in [-0.1, -0.05) is 6.92 Å². The number of carboxylic acid groups (broad SMARTS) is 1. The Balaban J connectivity index is 0.000000162. The molecule has 6 heterocycles. The molecule has 2 aromatic carbocycles. The second-order valence-electron chi connectivity index (χ2n) is 17.0. The first-order valence-electron chi connectivity index (χ1n) is 20.9. The Labute approximate surface area is 372 Å². The normalized spacial score (nSPS) is 19.1. The summed E-state index contributed by atoms with van der Waals surface area (Å²) in [6.45, 7) is 6.38. The molecule has 3 N–H and O–H groups in total. The standard InChI is InChI=1S/C25H29N5O3S.C21H20N4O3S/c1-25(24(31)30(2)7-8-32-3)6-5-17-20(11-25)34-23-21(17)22(27-14-28-23)29-18-9-15-12-26-13-16(15)10-19(18)33-4;1-21(20(26)27)4-3-13-16(7-21)29-19-17(13)18(23-10-24-19)25-14-5-11-8-22-9-12(11)6-15(14)28-2/h9-10,12,14H,5-8,11,13H2,1-4H3,(H,27,28,29);5-6,8,10H,3-4,7,9H2,1-2H3,(H,26,27)(H,23,24,25)/t25-;21-/m00/s1. The van der Waals surface area contributed by atoms with Gasteiger partial charge >= 0.3 is 5.97 Å². The number of hydrogen-bond donors (Lipinski definition) is 3. The molecule has 0 spiro atoms. The molecule has 63 heavy (non-hydrogen) atoms. The van der Waals surface area contributed by atoms with Crippen LogP contribution in [-0.2, 0) is 53.1 Å². The van der Waals surface area contributed by atoms with Crippen molar-refractivity contribution in [3.05, 3.63) is 80.1 Å². The molecule has 2 aliphatic carbocycles. The monoisotopic (exact) mass is 887 g/mol. The number of aromatic nitrogens is 4. The topological polar surface area (TPSA) is 186 Å². The van der Waals surface area contributed by atoms with Gasteiger partial charge in [-0.25, -0.2) is 19.9 Å². The highest BCUT2D eigenvalue weighted by Crippen LogP contribution is 2.47. The third-order valence-corrected chi connectivity index (χ3v) is 15.0. The van der Waals surface area contributed by atoms with Crippen molar-refractivity contribution in [1.82, 2.24) is 24.8 Å². The number of likely N-dealkylation sites (N-methyl/N-ethyl adjacent to an activating group) is 1. The maximum absolute atomic E-state index is 13.2. The molecule has 17 heteroatoms. The van der Waals surface area contributed by atoms with Crippen LogP contribution < -0.4 is 20.1 Å². The van der Waals surface area contributed by atoms with E-state index in [0.717, 1.165) is 100 Å². The number of benzene rings is 2. The summed E-state index contributed by atoms with van der Waals surface area (Å²) >= 11 is 3.23. The van der Waals surface area contributed by atoms with Gasteiger partial charge in [0.05, 0.1) is 66.9 Å². The molecule has 2 aliphatic heterocycles. The summed E-state index contributed by atoms with van der Waals surface area (Å²) in [5.41, 5.74) is 7.39. The van der Waals surface area contributed by atoms with Gasteiger partial charge in [-0.15, -0.1) is 22.7 Å². The van der Waals surface area contributed by atoms with Gasteiger partial charge in [0.1, 0.15) is 45.5 Å². The molecule has 6 aromatic rings. The summed E-state index contributed by atoms with van der Waals surface area (Å²) in [5, 5.41) is 18.6. The Hall–Kier alpha value is -6.04. The van der Waals surface area contributed by atoms with Gasteiger partial charge in [-0.2, -0.15) is 0 Å². The zero-order chi connectivity index (χ0) is 44.0. The first-order valence-corrected chi connectivity index (χ1v) is 22.5. The summed E-state index contributed by atoms with van der Waals surface area (Å²) in [7, 11) is 6.84. The highest BCUT2D eigenvalue weighted by Gasteiger charge is 2.41. The molecule has 4 aromatic heterocycles. The number of carboxylic acids is 1. The van der Waals surface area contributed by atoms with E-state index in [1.165, 1.54) is 10.4 Å². The number of rotatable bonds is 11. The van der Waals surface area contributed by atoms with Crippen molar-refractivity contribution >= 4 is 90.4 Å². The highest BCUT2D eigenvalue weighted by atomic mass is 32.1. The van der Waals surface area contributed by atoms with Crippen molar-refractivity contribution < 1.29 is 28.9 Å². The second-order valence-corrected chi connectivity index (χ2v) is 19.2. The van der Waals surface area contributed by atoms with Crippen LogP contribution in [0.25, 0.3) is 20.4 Å². The van der Waals surface area contributed by atoms with Crippen molar-refractivity contribution in [2.75, 3.05) is 52.2 Å². The number of nitrogens with zero attached hydrogens (tertiary/aromatic N) is 7. The van der Waals surface area contributed by atoms with Crippen LogP contribution in [0.15, 0.2) is 46.9 Å². The van der Waals surface area contributed by atoms with Crippen LogP contribution in [0.5, 0.6) is 11.5 Å². The van der Waals surface area contributed by atoms with Gasteiger partial charge < -0.3 is 34.9 Å². The first-order chi connectivity index (χ1) is 30.4. The number of amides is 1. The molecule has 0 saturated carbocycles. The Kier molecular flexibility index (Phi) is 11.4. The summed E-state index contributed by atoms with van der Waals surface area (Å²) in [5.74, 6) is 2.42. The lowest BCUT2D eigenvalue weighted by molar-refractivity contribution is -0.148. The quantitative estimate of drug-likeness (QED) is 0.114. The molecule has 1 amide bonds. The maximum Gasteiger partial charge on any atom is 0.309 e. The summed E-state index contributed by atoms with van der Waals surface area (Å²) < 4.78 is 16.4. The number of aryl methyl sites for hydroxylation is 2. The first kappa shape index (κ1) is 42.3. The molecule has 0 saturated heterocycles. The molecular weight excluding hydrogens is 839 g/mol. The molecule has 15 nitrogen and oxygen atoms in total. The fourth-order valence-electron chi connectivity index (χ4n) is 8.98. The summed E-state index contributed by atoms with van der Waals surface area (Å²) in [6.07, 6.45) is 11.0. The van der Waals surface area contributed by atoms with E-state index < -0.39 is 16.8 Å². The Morgan fingerprint density at radius 2 is 1.24 bits per heavy atom. The Morgan fingerprint density at radius 3 is 1.71 bits per heavy atom. The highest BCUT2D eigenvalue weighted by molar-refractivity contribution is 7.19. The van der Waals surface area contributed by atoms with Crippen LogP contribution >= 0.6 is 22.7 Å². The number of aliphatic imine (C=N–C) groups is 2. The molecule has 326 valence electrons. The number of ether oxygens (including phenoxy) is 3. The molecular formula is C46H49N9O6S2. The third kappa shape index (κ3) is 7.86. The van der Waals surface area contributed by atoms with Gasteiger partial charge in [0.15, 0.2) is 0 Å². The van der Waals surface area contributed by atoms with E-state index in [2.05, 4.69) is 53.5 Å². The molecule has 10 rings (SSSR count). The van der Waals surface area contributed by atoms with Crippen molar-refractivity contribution in [2.24, 2.45) is 20.8 Å². The van der Waals surface area contributed by atoms with Crippen molar-refractivity contribution in [1.29, 1.82) is 0 Å². The molecule has 2 atom stereocenters. The van der Waals surface area contributed by atoms with Gasteiger partial charge in [0.2, 0.25) is 5.91 Å². The van der Waals surface area contributed by atoms with E-state index in [-0.39, 0.29) is 5.91 Å². The van der Waals surface area contributed by atoms with E-state index >= 15 is 0 Å². The SMILES string of the molecule is COCCN(C)C(=O)[C@@]1(C)CCc2c(sc3ncnc(Nc4cc5c(cc4OC)CN=C5)c23)C1.COc1cc2c(cc1Nc1ncnc3sc4c(c13)CC[C@](C)(C(=O)O)C4)C=NC2. The molecule has 4 aliphatic rings. The number of nitrogens with one attached hydrogen (secondary N) is 2. The van der Waals surface area contributed by atoms with Crippen LogP contribution in [0.3, 0.4) is 0 Å². The zero-order valence-electron chi connectivity index (χ0n) is 36.1. The maximum atomic E-state index is 13.2. The number of methoxy groups -OCH3 is 3. The number of aliphatic carboxylic acids is 1. The van der Waals surface area contributed by atoms with E-state index in [4.69, 9.17) is 14.2 Å². The summed E-state index contributed by atoms with van der Waals surface area (Å²) in [4.78, 5) is 57.6. The predicted molar refractivity (Wildman–Crippen MR) is 247 cm³/mol. The van der Waals surface area contributed by atoms with E-state index in [1.54, 1.807) is 61.6 Å². The summed E-state index contributed by atoms with van der Waals surface area (Å²) in [6, 6.07) is 8.12. The number of fused-ring (bicyclic) bond motifs is 8. The molecule has 0 radical (unpaired) electrons. The van der Waals surface area contributed by atoms with Gasteiger partial charge in [0, 0.05) is 42.9 Å². The van der Waals surface area contributed by atoms with E-state index in [0.29, 0.717) is 51.9 Å². The van der Waals surface area contributed by atoms with Crippen LogP contribution in [0, 0.1) is 10.8 Å². The van der Waals surface area contributed by atoms with Crippen LogP contribution in [0.1, 0.15) is 69.8 Å². The average Bonchev–Trinajstić information content (AvgIpc) is 4.09. The average molecular weight is 888 g/mol. The van der Waals surface area contributed by atoms with E-state index in [9.17, 15) is 14.7 Å². The lowest BCUT2D eigenvalue weighted by Gasteiger charge is -2.35. The number of hydrogen-bond acceptors (Lipinski definition) is 15. The zero-order valence-corrected chi connectivity index (χ0v) is 37.8. The van der Waals surface area contributed by atoms with Gasteiger partial charge in [-0.3, -0.25) is 19.6 Å². The van der Waals surface area contributed by atoms with E-state index in [1.807, 2.05) is 44.6 Å². The Morgan fingerprint density at radius 1 is 0.746 bits per heavy atom. The van der Waals surface area contributed by atoms with Crippen molar-refractivity contribution in [3.8, 4) is 11.5 Å². The predicted octanol–water partition coefficient (Wildman–Crippen LogP) is 7.93.